The molecule has 0 radical (unpaired) electrons. The molecule has 1 amide bonds. The Morgan fingerprint density at radius 2 is 1.83 bits per heavy atom. The molecule has 2 heterocycles. The molecule has 23 heavy (non-hydrogen) atoms. The fourth-order valence-electron chi connectivity index (χ4n) is 2.03. The van der Waals surface area contributed by atoms with Gasteiger partial charge >= 0.3 is 6.09 Å². The van der Waals surface area contributed by atoms with Crippen molar-refractivity contribution in [3.63, 3.8) is 0 Å². The number of rotatable bonds is 1. The molecule has 1 fully saturated rings. The summed E-state index contributed by atoms with van der Waals surface area (Å²) in [5.74, 6) is 1.04. The van der Waals surface area contributed by atoms with E-state index in [0.29, 0.717) is 42.4 Å². The highest BCUT2D eigenvalue weighted by Gasteiger charge is 2.27. The number of anilines is 2. The Balaban J connectivity index is 0.00000127. The lowest BCUT2D eigenvalue weighted by atomic mass is 10.2. The minimum atomic E-state index is -0.478. The van der Waals surface area contributed by atoms with Crippen molar-refractivity contribution in [2.75, 3.05) is 36.8 Å². The van der Waals surface area contributed by atoms with Crippen molar-refractivity contribution < 1.29 is 9.53 Å². The summed E-state index contributed by atoms with van der Waals surface area (Å²) in [5.41, 5.74) is 5.38. The summed E-state index contributed by atoms with van der Waals surface area (Å²) in [4.78, 5) is 24.1. The van der Waals surface area contributed by atoms with Crippen molar-refractivity contribution in [2.24, 2.45) is 0 Å². The van der Waals surface area contributed by atoms with Crippen molar-refractivity contribution >= 4 is 33.7 Å². The number of halogens is 1. The summed E-state index contributed by atoms with van der Waals surface area (Å²) >= 11 is 3.29. The van der Waals surface area contributed by atoms with Gasteiger partial charge in [0.2, 0.25) is 0 Å². The first-order valence-corrected chi connectivity index (χ1v) is 8.56. The smallest absolute Gasteiger partial charge is 0.410 e. The van der Waals surface area contributed by atoms with Crippen LogP contribution in [0.25, 0.3) is 0 Å². The number of hydrogen-bond acceptors (Lipinski definition) is 6. The molecule has 0 aliphatic carbocycles. The summed E-state index contributed by atoms with van der Waals surface area (Å²) in [5, 5.41) is 0. The van der Waals surface area contributed by atoms with Crippen LogP contribution in [0.3, 0.4) is 0 Å². The first kappa shape index (κ1) is 19.5. The maximum absolute atomic E-state index is 12.0. The molecule has 130 valence electrons. The second kappa shape index (κ2) is 8.33. The van der Waals surface area contributed by atoms with Gasteiger partial charge in [0, 0.05) is 26.2 Å². The number of piperazine rings is 1. The van der Waals surface area contributed by atoms with E-state index in [0.717, 1.165) is 0 Å². The fourth-order valence-corrected chi connectivity index (χ4v) is 2.30. The van der Waals surface area contributed by atoms with Gasteiger partial charge in [-0.05, 0) is 36.7 Å². The van der Waals surface area contributed by atoms with E-state index < -0.39 is 5.60 Å². The third kappa shape index (κ3) is 5.85. The zero-order valence-corrected chi connectivity index (χ0v) is 16.1. The van der Waals surface area contributed by atoms with E-state index in [2.05, 4.69) is 25.9 Å². The quantitative estimate of drug-likeness (QED) is 0.797. The van der Waals surface area contributed by atoms with E-state index in [9.17, 15) is 4.79 Å². The zero-order chi connectivity index (χ0) is 17.6. The number of nitrogens with zero attached hydrogens (tertiary/aromatic N) is 4. The van der Waals surface area contributed by atoms with Gasteiger partial charge in [-0.2, -0.15) is 0 Å². The van der Waals surface area contributed by atoms with Crippen molar-refractivity contribution in [1.82, 2.24) is 14.9 Å². The van der Waals surface area contributed by atoms with Gasteiger partial charge in [0.25, 0.3) is 0 Å². The molecule has 2 rings (SSSR count). The Kier molecular flexibility index (Phi) is 7.05. The average Bonchev–Trinajstić information content (AvgIpc) is 2.50. The fraction of sp³-hybridized carbons (Fsp3) is 0.667. The molecule has 7 nitrogen and oxygen atoms in total. The number of carbonyl (C=O) groups is 1. The molecule has 0 bridgehead atoms. The van der Waals surface area contributed by atoms with Gasteiger partial charge < -0.3 is 20.3 Å². The topological polar surface area (TPSA) is 84.6 Å². The normalized spacial score (nSPS) is 14.9. The Morgan fingerprint density at radius 3 is 2.35 bits per heavy atom. The number of hydrogen-bond donors (Lipinski definition) is 1. The molecule has 0 aromatic carbocycles. The van der Waals surface area contributed by atoms with Crippen LogP contribution in [0.15, 0.2) is 10.8 Å². The van der Waals surface area contributed by atoms with Crippen LogP contribution in [-0.4, -0.2) is 52.7 Å². The molecule has 1 aromatic rings. The van der Waals surface area contributed by atoms with Crippen LogP contribution in [0.4, 0.5) is 16.4 Å². The Bertz CT molecular complexity index is 525. The predicted molar refractivity (Wildman–Crippen MR) is 95.5 cm³/mol. The molecule has 1 aliphatic heterocycles. The van der Waals surface area contributed by atoms with Gasteiger partial charge in [-0.15, -0.1) is 0 Å². The highest BCUT2D eigenvalue weighted by Crippen LogP contribution is 2.22. The van der Waals surface area contributed by atoms with E-state index in [1.165, 1.54) is 0 Å². The van der Waals surface area contributed by atoms with Gasteiger partial charge in [0.15, 0.2) is 11.6 Å². The Hall–Kier alpha value is -1.57. The highest BCUT2D eigenvalue weighted by atomic mass is 79.9. The van der Waals surface area contributed by atoms with Gasteiger partial charge in [0.05, 0.1) is 6.20 Å². The zero-order valence-electron chi connectivity index (χ0n) is 14.5. The van der Waals surface area contributed by atoms with Crippen LogP contribution in [0.5, 0.6) is 0 Å². The summed E-state index contributed by atoms with van der Waals surface area (Å²) in [7, 11) is 0. The van der Waals surface area contributed by atoms with Crippen LogP contribution in [0.1, 0.15) is 34.6 Å². The van der Waals surface area contributed by atoms with Crippen LogP contribution in [-0.2, 0) is 4.74 Å². The van der Waals surface area contributed by atoms with Crippen LogP contribution in [0.2, 0.25) is 0 Å². The molecule has 8 heteroatoms. The molecule has 1 saturated heterocycles. The molecule has 0 saturated carbocycles. The number of amides is 1. The molecular weight excluding hydrogens is 362 g/mol. The molecule has 2 N–H and O–H groups in total. The van der Waals surface area contributed by atoms with E-state index in [-0.39, 0.29) is 6.09 Å². The number of nitrogens with two attached hydrogens (primary N) is 1. The minimum Gasteiger partial charge on any atom is -0.444 e. The molecular formula is C15H26BrN5O2. The van der Waals surface area contributed by atoms with Crippen molar-refractivity contribution in [3.8, 4) is 0 Å². The maximum Gasteiger partial charge on any atom is 0.410 e. The maximum atomic E-state index is 12.0. The van der Waals surface area contributed by atoms with E-state index in [4.69, 9.17) is 10.5 Å². The van der Waals surface area contributed by atoms with Crippen LogP contribution in [0, 0.1) is 0 Å². The second-order valence-corrected chi connectivity index (χ2v) is 6.67. The number of nitrogen functional groups attached to an aromatic ring is 1. The Labute approximate surface area is 146 Å². The van der Waals surface area contributed by atoms with E-state index >= 15 is 0 Å². The van der Waals surface area contributed by atoms with Crippen molar-refractivity contribution in [3.05, 3.63) is 10.8 Å². The highest BCUT2D eigenvalue weighted by molar-refractivity contribution is 9.10. The van der Waals surface area contributed by atoms with Crippen molar-refractivity contribution in [1.29, 1.82) is 0 Å². The Morgan fingerprint density at radius 1 is 1.26 bits per heavy atom. The summed E-state index contributed by atoms with van der Waals surface area (Å²) < 4.78 is 6.01. The number of ether oxygens (including phenoxy) is 1. The molecule has 0 spiro atoms. The van der Waals surface area contributed by atoms with Gasteiger partial charge in [0.1, 0.15) is 10.2 Å². The van der Waals surface area contributed by atoms with Crippen molar-refractivity contribution in [2.45, 2.75) is 40.2 Å². The first-order chi connectivity index (χ1) is 10.8. The molecule has 1 aliphatic rings. The second-order valence-electron chi connectivity index (χ2n) is 5.86. The van der Waals surface area contributed by atoms with E-state index in [1.54, 1.807) is 11.1 Å². The standard InChI is InChI=1S/C13H20BrN5O2.C2H6/c1-13(2,3)21-12(20)19-6-4-18(5-7-19)11-10(15)16-8-9(14)17-11;1-2/h8H,4-7H2,1-3H3,(H2,15,16);1-2H3. The largest absolute Gasteiger partial charge is 0.444 e. The summed E-state index contributed by atoms with van der Waals surface area (Å²) in [6, 6.07) is 0. The van der Waals surface area contributed by atoms with Crippen LogP contribution >= 0.6 is 15.9 Å². The third-order valence-electron chi connectivity index (χ3n) is 2.98. The van der Waals surface area contributed by atoms with E-state index in [1.807, 2.05) is 39.5 Å². The summed E-state index contributed by atoms with van der Waals surface area (Å²) in [6.45, 7) is 12.0. The summed E-state index contributed by atoms with van der Waals surface area (Å²) in [6.07, 6.45) is 1.28. The SMILES string of the molecule is CC.CC(C)(C)OC(=O)N1CCN(c2nc(Br)cnc2N)CC1. The monoisotopic (exact) mass is 387 g/mol. The lowest BCUT2D eigenvalue weighted by Gasteiger charge is -2.36. The molecule has 0 unspecified atom stereocenters. The van der Waals surface area contributed by atoms with Gasteiger partial charge in [-0.1, -0.05) is 13.8 Å². The van der Waals surface area contributed by atoms with Gasteiger partial charge in [-0.3, -0.25) is 0 Å². The number of aromatic nitrogens is 2. The average molecular weight is 388 g/mol. The third-order valence-corrected chi connectivity index (χ3v) is 3.36. The minimum absolute atomic E-state index is 0.282. The molecule has 1 aromatic heterocycles. The van der Waals surface area contributed by atoms with Crippen LogP contribution < -0.4 is 10.6 Å². The van der Waals surface area contributed by atoms with Gasteiger partial charge in [-0.25, -0.2) is 14.8 Å². The number of carbonyl (C=O) groups excluding carboxylic acids is 1. The molecule has 0 atom stereocenters. The lowest BCUT2D eigenvalue weighted by molar-refractivity contribution is 0.0240. The predicted octanol–water partition coefficient (Wildman–Crippen LogP) is 2.90. The lowest BCUT2D eigenvalue weighted by Crippen LogP contribution is -2.50. The first-order valence-electron chi connectivity index (χ1n) is 7.77.